The first-order valence-corrected chi connectivity index (χ1v) is 5.61. The highest BCUT2D eigenvalue weighted by atomic mass is 16.5. The van der Waals surface area contributed by atoms with Crippen molar-refractivity contribution in [3.05, 3.63) is 18.2 Å². The third-order valence-electron chi connectivity index (χ3n) is 2.46. The van der Waals surface area contributed by atoms with E-state index in [-0.39, 0.29) is 6.61 Å². The predicted molar refractivity (Wildman–Crippen MR) is 65.0 cm³/mol. The SMILES string of the molecule is COc1cccc(N(C)CCCCCO)n1. The third kappa shape index (κ3) is 4.06. The lowest BCUT2D eigenvalue weighted by atomic mass is 10.2. The maximum Gasteiger partial charge on any atom is 0.214 e. The summed E-state index contributed by atoms with van der Waals surface area (Å²) in [6.45, 7) is 1.22. The molecule has 0 saturated carbocycles. The van der Waals surface area contributed by atoms with Crippen LogP contribution in [0.4, 0.5) is 5.82 Å². The molecule has 1 aromatic heterocycles. The van der Waals surface area contributed by atoms with Gasteiger partial charge in [0.25, 0.3) is 0 Å². The summed E-state index contributed by atoms with van der Waals surface area (Å²) in [5, 5.41) is 8.67. The fraction of sp³-hybridized carbons (Fsp3) is 0.583. The zero-order valence-electron chi connectivity index (χ0n) is 10.0. The van der Waals surface area contributed by atoms with E-state index in [4.69, 9.17) is 9.84 Å². The van der Waals surface area contributed by atoms with Gasteiger partial charge in [0.1, 0.15) is 5.82 Å². The van der Waals surface area contributed by atoms with Crippen molar-refractivity contribution in [3.8, 4) is 5.88 Å². The second kappa shape index (κ2) is 7.06. The number of methoxy groups -OCH3 is 1. The van der Waals surface area contributed by atoms with Crippen molar-refractivity contribution in [3.63, 3.8) is 0 Å². The summed E-state index contributed by atoms with van der Waals surface area (Å²) in [5.41, 5.74) is 0. The maximum absolute atomic E-state index is 8.67. The van der Waals surface area contributed by atoms with Crippen molar-refractivity contribution in [2.24, 2.45) is 0 Å². The van der Waals surface area contributed by atoms with Gasteiger partial charge in [-0.2, -0.15) is 4.98 Å². The molecular formula is C12H20N2O2. The Morgan fingerprint density at radius 1 is 1.31 bits per heavy atom. The summed E-state index contributed by atoms with van der Waals surface area (Å²) in [6, 6.07) is 5.74. The monoisotopic (exact) mass is 224 g/mol. The first-order valence-electron chi connectivity index (χ1n) is 5.61. The van der Waals surface area contributed by atoms with Crippen LogP contribution in [0.15, 0.2) is 18.2 Å². The molecule has 4 nitrogen and oxygen atoms in total. The third-order valence-corrected chi connectivity index (χ3v) is 2.46. The van der Waals surface area contributed by atoms with Crippen molar-refractivity contribution in [1.82, 2.24) is 4.98 Å². The minimum Gasteiger partial charge on any atom is -0.481 e. The Labute approximate surface area is 96.9 Å². The van der Waals surface area contributed by atoms with Gasteiger partial charge in [-0.15, -0.1) is 0 Å². The lowest BCUT2D eigenvalue weighted by molar-refractivity contribution is 0.283. The van der Waals surface area contributed by atoms with Crippen LogP contribution in [-0.4, -0.2) is 37.4 Å². The molecule has 16 heavy (non-hydrogen) atoms. The van der Waals surface area contributed by atoms with E-state index in [9.17, 15) is 0 Å². The fourth-order valence-electron chi connectivity index (χ4n) is 1.48. The number of pyridine rings is 1. The minimum absolute atomic E-state index is 0.279. The zero-order valence-corrected chi connectivity index (χ0v) is 10.0. The number of aliphatic hydroxyl groups is 1. The van der Waals surface area contributed by atoms with E-state index in [1.165, 1.54) is 0 Å². The Bertz CT molecular complexity index is 305. The standard InChI is InChI=1S/C12H20N2O2/c1-14(9-4-3-5-10-15)11-7-6-8-12(13-11)16-2/h6-8,15H,3-5,9-10H2,1-2H3. The summed E-state index contributed by atoms with van der Waals surface area (Å²) in [5.74, 6) is 1.56. The normalized spacial score (nSPS) is 10.2. The van der Waals surface area contributed by atoms with Gasteiger partial charge in [-0.1, -0.05) is 6.07 Å². The molecule has 0 bridgehead atoms. The van der Waals surface area contributed by atoms with E-state index in [0.29, 0.717) is 5.88 Å². The average molecular weight is 224 g/mol. The van der Waals surface area contributed by atoms with Gasteiger partial charge >= 0.3 is 0 Å². The van der Waals surface area contributed by atoms with Crippen molar-refractivity contribution in [2.45, 2.75) is 19.3 Å². The molecule has 0 radical (unpaired) electrons. The number of aromatic nitrogens is 1. The van der Waals surface area contributed by atoms with Crippen LogP contribution in [0.1, 0.15) is 19.3 Å². The van der Waals surface area contributed by atoms with Gasteiger partial charge in [0.15, 0.2) is 0 Å². The van der Waals surface area contributed by atoms with E-state index >= 15 is 0 Å². The number of hydrogen-bond acceptors (Lipinski definition) is 4. The first-order chi connectivity index (χ1) is 7.77. The van der Waals surface area contributed by atoms with Gasteiger partial charge in [0.05, 0.1) is 7.11 Å². The van der Waals surface area contributed by atoms with Crippen LogP contribution >= 0.6 is 0 Å². The lowest BCUT2D eigenvalue weighted by Gasteiger charge is -2.18. The molecule has 4 heteroatoms. The van der Waals surface area contributed by atoms with Crippen molar-refractivity contribution in [1.29, 1.82) is 0 Å². The highest BCUT2D eigenvalue weighted by Gasteiger charge is 2.03. The second-order valence-electron chi connectivity index (χ2n) is 3.74. The summed E-state index contributed by atoms with van der Waals surface area (Å²) >= 11 is 0. The smallest absolute Gasteiger partial charge is 0.214 e. The van der Waals surface area contributed by atoms with E-state index in [1.807, 2.05) is 25.2 Å². The molecule has 90 valence electrons. The van der Waals surface area contributed by atoms with Crippen LogP contribution in [0.2, 0.25) is 0 Å². The highest BCUT2D eigenvalue weighted by Crippen LogP contribution is 2.14. The Hall–Kier alpha value is -1.29. The van der Waals surface area contributed by atoms with Gasteiger partial charge in [0, 0.05) is 26.3 Å². The summed E-state index contributed by atoms with van der Waals surface area (Å²) in [4.78, 5) is 6.44. The molecule has 0 unspecified atom stereocenters. The minimum atomic E-state index is 0.279. The van der Waals surface area contributed by atoms with E-state index in [0.717, 1.165) is 31.6 Å². The number of ether oxygens (including phenoxy) is 1. The largest absolute Gasteiger partial charge is 0.481 e. The van der Waals surface area contributed by atoms with Gasteiger partial charge < -0.3 is 14.7 Å². The van der Waals surface area contributed by atoms with E-state index in [1.54, 1.807) is 7.11 Å². The average Bonchev–Trinajstić information content (AvgIpc) is 2.34. The van der Waals surface area contributed by atoms with Crippen molar-refractivity contribution >= 4 is 5.82 Å². The summed E-state index contributed by atoms with van der Waals surface area (Å²) in [7, 11) is 3.63. The van der Waals surface area contributed by atoms with Crippen molar-refractivity contribution < 1.29 is 9.84 Å². The van der Waals surface area contributed by atoms with Crippen molar-refractivity contribution in [2.75, 3.05) is 32.2 Å². The molecule has 0 aliphatic heterocycles. The highest BCUT2D eigenvalue weighted by molar-refractivity contribution is 5.39. The summed E-state index contributed by atoms with van der Waals surface area (Å²) in [6.07, 6.45) is 2.99. The number of hydrogen-bond donors (Lipinski definition) is 1. The lowest BCUT2D eigenvalue weighted by Crippen LogP contribution is -2.19. The quantitative estimate of drug-likeness (QED) is 0.716. The number of aliphatic hydroxyl groups excluding tert-OH is 1. The van der Waals surface area contributed by atoms with Gasteiger partial charge in [0.2, 0.25) is 5.88 Å². The molecule has 0 spiro atoms. The summed E-state index contributed by atoms with van der Waals surface area (Å²) < 4.78 is 5.08. The van der Waals surface area contributed by atoms with Crippen LogP contribution < -0.4 is 9.64 Å². The first kappa shape index (κ1) is 12.8. The van der Waals surface area contributed by atoms with E-state index < -0.39 is 0 Å². The second-order valence-corrected chi connectivity index (χ2v) is 3.74. The molecule has 0 atom stereocenters. The van der Waals surface area contributed by atoms with Crippen LogP contribution in [0.3, 0.4) is 0 Å². The van der Waals surface area contributed by atoms with Gasteiger partial charge in [-0.25, -0.2) is 0 Å². The van der Waals surface area contributed by atoms with Crippen LogP contribution in [0.25, 0.3) is 0 Å². The molecular weight excluding hydrogens is 204 g/mol. The fourth-order valence-corrected chi connectivity index (χ4v) is 1.48. The Balaban J connectivity index is 2.42. The molecule has 0 aliphatic rings. The zero-order chi connectivity index (χ0) is 11.8. The maximum atomic E-state index is 8.67. The molecule has 1 rings (SSSR count). The predicted octanol–water partition coefficient (Wildman–Crippen LogP) is 1.69. The molecule has 0 fully saturated rings. The Kier molecular flexibility index (Phi) is 5.64. The Morgan fingerprint density at radius 2 is 2.12 bits per heavy atom. The van der Waals surface area contributed by atoms with Gasteiger partial charge in [-0.05, 0) is 25.3 Å². The Morgan fingerprint density at radius 3 is 2.81 bits per heavy atom. The molecule has 1 N–H and O–H groups in total. The number of nitrogens with zero attached hydrogens (tertiary/aromatic N) is 2. The van der Waals surface area contributed by atoms with Crippen LogP contribution in [0.5, 0.6) is 5.88 Å². The number of rotatable bonds is 7. The van der Waals surface area contributed by atoms with Crippen LogP contribution in [0, 0.1) is 0 Å². The number of unbranched alkanes of at least 4 members (excludes halogenated alkanes) is 2. The molecule has 1 aromatic rings. The molecule has 1 heterocycles. The van der Waals surface area contributed by atoms with Crippen LogP contribution in [-0.2, 0) is 0 Å². The molecule has 0 aromatic carbocycles. The van der Waals surface area contributed by atoms with Gasteiger partial charge in [-0.3, -0.25) is 0 Å². The number of anilines is 1. The molecule has 0 saturated heterocycles. The molecule has 0 aliphatic carbocycles. The molecule has 0 amide bonds. The van der Waals surface area contributed by atoms with E-state index in [2.05, 4.69) is 9.88 Å². The topological polar surface area (TPSA) is 45.6 Å².